The number of rotatable bonds is 3. The van der Waals surface area contributed by atoms with E-state index in [1.165, 1.54) is 0 Å². The van der Waals surface area contributed by atoms with Crippen LogP contribution in [0.5, 0.6) is 0 Å². The van der Waals surface area contributed by atoms with E-state index in [9.17, 15) is 4.79 Å². The summed E-state index contributed by atoms with van der Waals surface area (Å²) in [5.41, 5.74) is -0.0555. The second kappa shape index (κ2) is 6.25. The Morgan fingerprint density at radius 3 is 2.16 bits per heavy atom. The van der Waals surface area contributed by atoms with Gasteiger partial charge in [0.25, 0.3) is 0 Å². The summed E-state index contributed by atoms with van der Waals surface area (Å²) in [6.45, 7) is 18.1. The van der Waals surface area contributed by atoms with Crippen LogP contribution in [0.3, 0.4) is 0 Å². The fraction of sp³-hybridized carbons (Fsp3) is 0.938. The molecule has 1 aliphatic rings. The molecule has 3 nitrogen and oxygen atoms in total. The second-order valence-electron chi connectivity index (χ2n) is 7.70. The highest BCUT2D eigenvalue weighted by atomic mass is 16.2. The van der Waals surface area contributed by atoms with Crippen LogP contribution < -0.4 is 0 Å². The van der Waals surface area contributed by atoms with E-state index in [1.807, 2.05) is 0 Å². The van der Waals surface area contributed by atoms with Crippen LogP contribution in [-0.4, -0.2) is 48.4 Å². The molecule has 0 spiro atoms. The average Bonchev–Trinajstić information content (AvgIpc) is 2.49. The van der Waals surface area contributed by atoms with E-state index < -0.39 is 0 Å². The molecule has 0 atom stereocenters. The van der Waals surface area contributed by atoms with Crippen molar-refractivity contribution in [2.45, 2.75) is 54.4 Å². The van der Waals surface area contributed by atoms with E-state index in [4.69, 9.17) is 0 Å². The minimum atomic E-state index is -0.250. The van der Waals surface area contributed by atoms with Gasteiger partial charge in [-0.1, -0.05) is 41.5 Å². The molecule has 0 aromatic rings. The van der Waals surface area contributed by atoms with Gasteiger partial charge in [-0.2, -0.15) is 0 Å². The largest absolute Gasteiger partial charge is 0.341 e. The van der Waals surface area contributed by atoms with Gasteiger partial charge in [0.15, 0.2) is 0 Å². The molecule has 0 bridgehead atoms. The number of hydrogen-bond acceptors (Lipinski definition) is 2. The lowest BCUT2D eigenvalue weighted by molar-refractivity contribution is -0.141. The lowest BCUT2D eigenvalue weighted by Crippen LogP contribution is -2.44. The van der Waals surface area contributed by atoms with Crippen LogP contribution in [0.2, 0.25) is 0 Å². The van der Waals surface area contributed by atoms with Crippen LogP contribution in [0.1, 0.15) is 54.4 Å². The molecule has 0 radical (unpaired) electrons. The van der Waals surface area contributed by atoms with Gasteiger partial charge in [0, 0.05) is 25.0 Å². The molecule has 0 saturated carbocycles. The van der Waals surface area contributed by atoms with Gasteiger partial charge in [0.1, 0.15) is 0 Å². The Bertz CT molecular complexity index is 304. The molecule has 1 fully saturated rings. The third-order valence-electron chi connectivity index (χ3n) is 3.87. The minimum Gasteiger partial charge on any atom is -0.341 e. The van der Waals surface area contributed by atoms with Crippen molar-refractivity contribution >= 4 is 5.91 Å². The summed E-state index contributed by atoms with van der Waals surface area (Å²) in [6.07, 6.45) is 2.04. The topological polar surface area (TPSA) is 23.6 Å². The Kier molecular flexibility index (Phi) is 5.43. The van der Waals surface area contributed by atoms with Gasteiger partial charge in [-0.15, -0.1) is 0 Å². The van der Waals surface area contributed by atoms with Gasteiger partial charge in [0.05, 0.1) is 0 Å². The van der Waals surface area contributed by atoms with Crippen molar-refractivity contribution < 1.29 is 4.79 Å². The molecule has 19 heavy (non-hydrogen) atoms. The highest BCUT2D eigenvalue weighted by Gasteiger charge is 2.35. The van der Waals surface area contributed by atoms with Crippen LogP contribution in [0.15, 0.2) is 0 Å². The van der Waals surface area contributed by atoms with Crippen molar-refractivity contribution in [1.82, 2.24) is 9.80 Å². The summed E-state index contributed by atoms with van der Waals surface area (Å²) < 4.78 is 0. The van der Waals surface area contributed by atoms with Gasteiger partial charge in [-0.25, -0.2) is 0 Å². The molecular weight excluding hydrogens is 236 g/mol. The van der Waals surface area contributed by atoms with Crippen LogP contribution >= 0.6 is 0 Å². The predicted molar refractivity (Wildman–Crippen MR) is 81.2 cm³/mol. The molecule has 1 saturated heterocycles. The Hall–Kier alpha value is -0.570. The van der Waals surface area contributed by atoms with Crippen molar-refractivity contribution in [1.29, 1.82) is 0 Å². The standard InChI is InChI=1S/C16H32N2O/c1-7-17-9-8-10-18(12-11-17)14(19)16(5,6)13-15(2,3)4/h7-13H2,1-6H3. The van der Waals surface area contributed by atoms with Gasteiger partial charge in [-0.05, 0) is 31.3 Å². The van der Waals surface area contributed by atoms with Gasteiger partial charge in [-0.3, -0.25) is 4.79 Å². The molecule has 0 aromatic heterocycles. The van der Waals surface area contributed by atoms with Gasteiger partial charge in [0.2, 0.25) is 5.91 Å². The molecule has 0 aliphatic carbocycles. The first-order valence-corrected chi connectivity index (χ1v) is 7.67. The monoisotopic (exact) mass is 268 g/mol. The Balaban J connectivity index is 2.66. The first-order valence-electron chi connectivity index (χ1n) is 7.67. The smallest absolute Gasteiger partial charge is 0.228 e. The molecule has 0 unspecified atom stereocenters. The number of carbonyl (C=O) groups is 1. The molecule has 1 rings (SSSR count). The molecular formula is C16H32N2O. The quantitative estimate of drug-likeness (QED) is 0.785. The summed E-state index contributed by atoms with van der Waals surface area (Å²) in [7, 11) is 0. The Labute approximate surface area is 119 Å². The molecule has 0 N–H and O–H groups in total. The lowest BCUT2D eigenvalue weighted by atomic mass is 9.75. The lowest BCUT2D eigenvalue weighted by Gasteiger charge is -2.35. The zero-order valence-electron chi connectivity index (χ0n) is 13.8. The van der Waals surface area contributed by atoms with Crippen molar-refractivity contribution in [3.05, 3.63) is 0 Å². The normalized spacial score (nSPS) is 19.4. The Morgan fingerprint density at radius 1 is 1.00 bits per heavy atom. The SMILES string of the molecule is CCN1CCCN(C(=O)C(C)(C)CC(C)(C)C)CC1. The summed E-state index contributed by atoms with van der Waals surface area (Å²) >= 11 is 0. The fourth-order valence-corrected chi connectivity index (χ4v) is 3.32. The van der Waals surface area contributed by atoms with Crippen LogP contribution in [0.25, 0.3) is 0 Å². The highest BCUT2D eigenvalue weighted by Crippen LogP contribution is 2.34. The van der Waals surface area contributed by atoms with Crippen molar-refractivity contribution in [2.75, 3.05) is 32.7 Å². The maximum atomic E-state index is 12.8. The summed E-state index contributed by atoms with van der Waals surface area (Å²) in [4.78, 5) is 17.3. The van der Waals surface area contributed by atoms with Crippen molar-refractivity contribution in [3.63, 3.8) is 0 Å². The number of likely N-dealkylation sites (N-methyl/N-ethyl adjacent to an activating group) is 1. The number of carbonyl (C=O) groups excluding carboxylic acids is 1. The van der Waals surface area contributed by atoms with Crippen LogP contribution in [0, 0.1) is 10.8 Å². The van der Waals surface area contributed by atoms with E-state index >= 15 is 0 Å². The summed E-state index contributed by atoms with van der Waals surface area (Å²) in [5.74, 6) is 0.334. The van der Waals surface area contributed by atoms with E-state index in [1.54, 1.807) is 0 Å². The van der Waals surface area contributed by atoms with E-state index in [2.05, 4.69) is 51.3 Å². The fourth-order valence-electron chi connectivity index (χ4n) is 3.32. The maximum Gasteiger partial charge on any atom is 0.228 e. The zero-order valence-corrected chi connectivity index (χ0v) is 13.8. The summed E-state index contributed by atoms with van der Waals surface area (Å²) in [6, 6.07) is 0. The van der Waals surface area contributed by atoms with E-state index in [-0.39, 0.29) is 10.8 Å². The molecule has 1 aliphatic heterocycles. The molecule has 0 aromatic carbocycles. The zero-order chi connectivity index (χ0) is 14.7. The van der Waals surface area contributed by atoms with Crippen molar-refractivity contribution in [2.24, 2.45) is 10.8 Å². The summed E-state index contributed by atoms with van der Waals surface area (Å²) in [5, 5.41) is 0. The molecule has 1 amide bonds. The van der Waals surface area contributed by atoms with Crippen LogP contribution in [0.4, 0.5) is 0 Å². The van der Waals surface area contributed by atoms with E-state index in [0.29, 0.717) is 5.91 Å². The van der Waals surface area contributed by atoms with Crippen LogP contribution in [-0.2, 0) is 4.79 Å². The molecule has 112 valence electrons. The third kappa shape index (κ3) is 5.13. The second-order valence-corrected chi connectivity index (χ2v) is 7.70. The predicted octanol–water partition coefficient (Wildman–Crippen LogP) is 3.00. The average molecular weight is 268 g/mol. The number of hydrogen-bond donors (Lipinski definition) is 0. The first-order chi connectivity index (χ1) is 8.65. The molecule has 1 heterocycles. The van der Waals surface area contributed by atoms with Gasteiger partial charge < -0.3 is 9.80 Å². The minimum absolute atomic E-state index is 0.195. The number of amides is 1. The van der Waals surface area contributed by atoms with Crippen molar-refractivity contribution in [3.8, 4) is 0 Å². The first kappa shape index (κ1) is 16.5. The highest BCUT2D eigenvalue weighted by molar-refractivity contribution is 5.82. The Morgan fingerprint density at radius 2 is 1.63 bits per heavy atom. The van der Waals surface area contributed by atoms with Gasteiger partial charge >= 0.3 is 0 Å². The molecule has 3 heteroatoms. The maximum absolute atomic E-state index is 12.8. The van der Waals surface area contributed by atoms with E-state index in [0.717, 1.165) is 45.6 Å². The third-order valence-corrected chi connectivity index (χ3v) is 3.87. The number of nitrogens with zero attached hydrogens (tertiary/aromatic N) is 2.